The molecule has 0 aliphatic heterocycles. The van der Waals surface area contributed by atoms with Crippen LogP contribution < -0.4 is 10.6 Å². The van der Waals surface area contributed by atoms with Gasteiger partial charge in [-0.25, -0.2) is 0 Å². The van der Waals surface area contributed by atoms with Crippen molar-refractivity contribution in [2.24, 2.45) is 0 Å². The normalized spacial score (nSPS) is 13.1. The van der Waals surface area contributed by atoms with Gasteiger partial charge in [0, 0.05) is 18.0 Å². The Kier molecular flexibility index (Phi) is 3.27. The number of H-pyrrole nitrogens is 1. The van der Waals surface area contributed by atoms with E-state index in [2.05, 4.69) is 20.8 Å². The second-order valence-electron chi connectivity index (χ2n) is 4.61. The van der Waals surface area contributed by atoms with Gasteiger partial charge in [0.1, 0.15) is 5.69 Å². The molecule has 2 aromatic heterocycles. The molecular weight excluding hydrogens is 276 g/mol. The Morgan fingerprint density at radius 2 is 2.15 bits per heavy atom. The number of nitrogens with zero attached hydrogens (tertiary/aromatic N) is 1. The molecule has 6 nitrogen and oxygen atoms in total. The lowest BCUT2D eigenvalue weighted by Crippen LogP contribution is -2.18. The van der Waals surface area contributed by atoms with Crippen LogP contribution in [0.15, 0.2) is 12.1 Å². The maximum atomic E-state index is 12.1. The van der Waals surface area contributed by atoms with Crippen LogP contribution in [0.4, 0.5) is 5.82 Å². The molecule has 2 aromatic rings. The highest BCUT2D eigenvalue weighted by molar-refractivity contribution is 7.14. The molecule has 2 amide bonds. The topological polar surface area (TPSA) is 86.9 Å². The first-order chi connectivity index (χ1) is 9.67. The number of carbonyl (C=O) groups excluding carboxylic acids is 2. The predicted octanol–water partition coefficient (Wildman–Crippen LogP) is 1.57. The second kappa shape index (κ2) is 5.09. The van der Waals surface area contributed by atoms with Crippen molar-refractivity contribution in [1.82, 2.24) is 15.5 Å². The van der Waals surface area contributed by atoms with Crippen molar-refractivity contribution in [3.8, 4) is 0 Å². The Labute approximate surface area is 119 Å². The van der Waals surface area contributed by atoms with Crippen molar-refractivity contribution in [2.75, 3.05) is 12.4 Å². The molecule has 3 N–H and O–H groups in total. The summed E-state index contributed by atoms with van der Waals surface area (Å²) in [6.07, 6.45) is 3.30. The van der Waals surface area contributed by atoms with Gasteiger partial charge in [-0.1, -0.05) is 0 Å². The Morgan fingerprint density at radius 3 is 2.90 bits per heavy atom. The zero-order chi connectivity index (χ0) is 14.1. The fourth-order valence-electron chi connectivity index (χ4n) is 2.26. The number of amides is 2. The minimum atomic E-state index is -0.270. The van der Waals surface area contributed by atoms with Gasteiger partial charge < -0.3 is 10.6 Å². The number of aromatic nitrogens is 2. The van der Waals surface area contributed by atoms with E-state index in [9.17, 15) is 9.59 Å². The van der Waals surface area contributed by atoms with Crippen LogP contribution in [0, 0.1) is 0 Å². The highest BCUT2D eigenvalue weighted by atomic mass is 32.1. The van der Waals surface area contributed by atoms with Crippen LogP contribution in [-0.4, -0.2) is 29.1 Å². The largest absolute Gasteiger partial charge is 0.354 e. The van der Waals surface area contributed by atoms with Gasteiger partial charge in [0.15, 0.2) is 5.82 Å². The van der Waals surface area contributed by atoms with Gasteiger partial charge in [-0.3, -0.25) is 14.7 Å². The molecule has 0 saturated carbocycles. The molecular formula is C13H14N4O2S. The van der Waals surface area contributed by atoms with Crippen molar-refractivity contribution in [3.63, 3.8) is 0 Å². The number of thiophene rings is 1. The smallest absolute Gasteiger partial charge is 0.269 e. The third kappa shape index (κ3) is 2.32. The summed E-state index contributed by atoms with van der Waals surface area (Å²) in [6.45, 7) is 0. The maximum Gasteiger partial charge on any atom is 0.269 e. The van der Waals surface area contributed by atoms with E-state index in [1.807, 2.05) is 6.07 Å². The first-order valence-corrected chi connectivity index (χ1v) is 7.19. The molecule has 2 heterocycles. The van der Waals surface area contributed by atoms with E-state index >= 15 is 0 Å². The fourth-order valence-corrected chi connectivity index (χ4v) is 3.40. The van der Waals surface area contributed by atoms with Crippen LogP contribution in [0.25, 0.3) is 0 Å². The Morgan fingerprint density at radius 1 is 1.30 bits per heavy atom. The minimum absolute atomic E-state index is 0.181. The molecule has 3 rings (SSSR count). The third-order valence-electron chi connectivity index (χ3n) is 3.26. The minimum Gasteiger partial charge on any atom is -0.354 e. The average Bonchev–Trinajstić information content (AvgIpc) is 3.11. The SMILES string of the molecule is CNC(=O)c1cc(NC(=O)c2cc3c(s2)CCC3)n[nH]1. The quantitative estimate of drug-likeness (QED) is 0.802. The summed E-state index contributed by atoms with van der Waals surface area (Å²) in [4.78, 5) is 25.5. The second-order valence-corrected chi connectivity index (χ2v) is 5.75. The number of hydrogen-bond donors (Lipinski definition) is 3. The molecule has 0 atom stereocenters. The van der Waals surface area contributed by atoms with Crippen LogP contribution in [0.1, 0.15) is 37.0 Å². The van der Waals surface area contributed by atoms with Gasteiger partial charge in [0.2, 0.25) is 0 Å². The monoisotopic (exact) mass is 290 g/mol. The summed E-state index contributed by atoms with van der Waals surface area (Å²) >= 11 is 1.54. The predicted molar refractivity (Wildman–Crippen MR) is 76.3 cm³/mol. The van der Waals surface area contributed by atoms with E-state index in [0.717, 1.165) is 12.8 Å². The van der Waals surface area contributed by atoms with Crippen LogP contribution in [0.3, 0.4) is 0 Å². The van der Waals surface area contributed by atoms with Crippen LogP contribution in [0.5, 0.6) is 0 Å². The highest BCUT2D eigenvalue weighted by Gasteiger charge is 2.19. The molecule has 0 bridgehead atoms. The summed E-state index contributed by atoms with van der Waals surface area (Å²) in [6, 6.07) is 3.46. The first-order valence-electron chi connectivity index (χ1n) is 6.38. The lowest BCUT2D eigenvalue weighted by atomic mass is 10.2. The van der Waals surface area contributed by atoms with Crippen molar-refractivity contribution in [2.45, 2.75) is 19.3 Å². The summed E-state index contributed by atoms with van der Waals surface area (Å²) in [5.74, 6) is -0.102. The van der Waals surface area contributed by atoms with E-state index in [1.54, 1.807) is 0 Å². The van der Waals surface area contributed by atoms with Crippen LogP contribution in [0.2, 0.25) is 0 Å². The van der Waals surface area contributed by atoms with E-state index < -0.39 is 0 Å². The molecule has 0 saturated heterocycles. The van der Waals surface area contributed by atoms with Gasteiger partial charge >= 0.3 is 0 Å². The van der Waals surface area contributed by atoms with Crippen LogP contribution in [-0.2, 0) is 12.8 Å². The summed E-state index contributed by atoms with van der Waals surface area (Å²) < 4.78 is 0. The van der Waals surface area contributed by atoms with Crippen molar-refractivity contribution in [3.05, 3.63) is 33.1 Å². The summed E-state index contributed by atoms with van der Waals surface area (Å²) in [5, 5.41) is 11.7. The molecule has 0 radical (unpaired) electrons. The number of aryl methyl sites for hydroxylation is 2. The van der Waals surface area contributed by atoms with Crippen LogP contribution >= 0.6 is 11.3 Å². The summed E-state index contributed by atoms with van der Waals surface area (Å²) in [5.41, 5.74) is 1.60. The number of hydrogen-bond acceptors (Lipinski definition) is 4. The van der Waals surface area contributed by atoms with Crippen molar-refractivity contribution >= 4 is 29.0 Å². The van der Waals surface area contributed by atoms with E-state index in [-0.39, 0.29) is 11.8 Å². The fraction of sp³-hybridized carbons (Fsp3) is 0.308. The first kappa shape index (κ1) is 12.9. The molecule has 0 unspecified atom stereocenters. The van der Waals surface area contributed by atoms with Gasteiger partial charge in [0.05, 0.1) is 4.88 Å². The lowest BCUT2D eigenvalue weighted by Gasteiger charge is -1.98. The molecule has 1 aliphatic rings. The number of carbonyl (C=O) groups is 2. The van der Waals surface area contributed by atoms with Gasteiger partial charge in [-0.05, 0) is 30.9 Å². The maximum absolute atomic E-state index is 12.1. The van der Waals surface area contributed by atoms with Gasteiger partial charge in [0.25, 0.3) is 11.8 Å². The summed E-state index contributed by atoms with van der Waals surface area (Å²) in [7, 11) is 1.54. The zero-order valence-corrected chi connectivity index (χ0v) is 11.8. The average molecular weight is 290 g/mol. The molecule has 104 valence electrons. The number of fused-ring (bicyclic) bond motifs is 1. The van der Waals surface area contributed by atoms with E-state index in [4.69, 9.17) is 0 Å². The third-order valence-corrected chi connectivity index (χ3v) is 4.50. The number of anilines is 1. The Bertz CT molecular complexity index is 652. The van der Waals surface area contributed by atoms with Crippen molar-refractivity contribution in [1.29, 1.82) is 0 Å². The molecule has 20 heavy (non-hydrogen) atoms. The number of rotatable bonds is 3. The molecule has 0 fully saturated rings. The highest BCUT2D eigenvalue weighted by Crippen LogP contribution is 2.30. The Balaban J connectivity index is 1.72. The van der Waals surface area contributed by atoms with Gasteiger partial charge in [-0.15, -0.1) is 11.3 Å². The zero-order valence-electron chi connectivity index (χ0n) is 10.9. The van der Waals surface area contributed by atoms with E-state index in [0.29, 0.717) is 16.4 Å². The molecule has 0 spiro atoms. The van der Waals surface area contributed by atoms with Crippen molar-refractivity contribution < 1.29 is 9.59 Å². The van der Waals surface area contributed by atoms with E-state index in [1.165, 1.54) is 41.3 Å². The number of aromatic amines is 1. The molecule has 7 heteroatoms. The van der Waals surface area contributed by atoms with Gasteiger partial charge in [-0.2, -0.15) is 5.10 Å². The molecule has 1 aliphatic carbocycles. The number of nitrogens with one attached hydrogen (secondary N) is 3. The molecule has 0 aromatic carbocycles. The standard InChI is InChI=1S/C13H14N4O2S/c1-14-12(18)8-6-11(17-16-8)15-13(19)10-5-7-3-2-4-9(7)20-10/h5-6H,2-4H2,1H3,(H,14,18)(H2,15,16,17,19). The lowest BCUT2D eigenvalue weighted by molar-refractivity contribution is 0.0957. The Hall–Kier alpha value is -2.15.